The molecule has 1 fully saturated rings. The summed E-state index contributed by atoms with van der Waals surface area (Å²) >= 11 is 0. The van der Waals surface area contributed by atoms with Crippen LogP contribution in [0.5, 0.6) is 5.75 Å². The molecule has 0 spiro atoms. The molecule has 0 saturated carbocycles. The standard InChI is InChI=1S/C28H38FN3O4S/c1-22(2)36-23-10-12-24(13-11-23)37(33,34)32-21-28(20-27(32)35-4,25-8-5-6-9-26(25)29)14-7-15-31-18-16-30(3)17-19-31/h5-6,8-13,20,22H,7,14-19,21H2,1-4H3. The van der Waals surface area contributed by atoms with Gasteiger partial charge in [0.1, 0.15) is 11.6 Å². The number of nitrogens with zero attached hydrogens (tertiary/aromatic N) is 3. The molecule has 37 heavy (non-hydrogen) atoms. The molecular formula is C28H38FN3O4S. The molecule has 2 aromatic rings. The van der Waals surface area contributed by atoms with E-state index in [1.165, 1.54) is 29.6 Å². The summed E-state index contributed by atoms with van der Waals surface area (Å²) in [6.07, 6.45) is 3.18. The van der Waals surface area contributed by atoms with Gasteiger partial charge in [0.2, 0.25) is 0 Å². The SMILES string of the molecule is COC1=CC(CCCN2CCN(C)CC2)(c2ccccc2F)CN1S(=O)(=O)c1ccc(OC(C)C)cc1. The summed E-state index contributed by atoms with van der Waals surface area (Å²) < 4.78 is 55.2. The van der Waals surface area contributed by atoms with Gasteiger partial charge in [-0.15, -0.1) is 0 Å². The summed E-state index contributed by atoms with van der Waals surface area (Å²) in [5.41, 5.74) is -0.349. The lowest BCUT2D eigenvalue weighted by Gasteiger charge is -2.34. The number of hydrogen-bond acceptors (Lipinski definition) is 6. The molecule has 1 unspecified atom stereocenters. The molecule has 2 aliphatic heterocycles. The predicted octanol–water partition coefficient (Wildman–Crippen LogP) is 4.07. The van der Waals surface area contributed by atoms with Gasteiger partial charge in [-0.3, -0.25) is 0 Å². The molecule has 202 valence electrons. The van der Waals surface area contributed by atoms with Crippen molar-refractivity contribution in [2.75, 3.05) is 53.4 Å². The molecule has 0 radical (unpaired) electrons. The number of hydrogen-bond donors (Lipinski definition) is 0. The van der Waals surface area contributed by atoms with E-state index >= 15 is 4.39 Å². The van der Waals surface area contributed by atoms with Crippen LogP contribution in [0.4, 0.5) is 4.39 Å². The van der Waals surface area contributed by atoms with E-state index in [9.17, 15) is 8.42 Å². The van der Waals surface area contributed by atoms with Crippen molar-refractivity contribution in [3.63, 3.8) is 0 Å². The molecule has 1 saturated heterocycles. The van der Waals surface area contributed by atoms with E-state index in [0.717, 1.165) is 39.1 Å². The fraction of sp³-hybridized carbons (Fsp3) is 0.500. The summed E-state index contributed by atoms with van der Waals surface area (Å²) in [4.78, 5) is 4.86. The Bertz CT molecular complexity index is 1190. The van der Waals surface area contributed by atoms with Crippen LogP contribution in [0.15, 0.2) is 65.4 Å². The van der Waals surface area contributed by atoms with Crippen LogP contribution in [-0.4, -0.2) is 82.1 Å². The number of benzene rings is 2. The maximum absolute atomic E-state index is 15.2. The molecule has 1 atom stereocenters. The van der Waals surface area contributed by atoms with Gasteiger partial charge in [0, 0.05) is 31.6 Å². The highest BCUT2D eigenvalue weighted by Gasteiger charge is 2.45. The number of sulfonamides is 1. The van der Waals surface area contributed by atoms with E-state index in [1.54, 1.807) is 36.4 Å². The molecule has 0 N–H and O–H groups in total. The third-order valence-electron chi connectivity index (χ3n) is 7.17. The van der Waals surface area contributed by atoms with Gasteiger partial charge in [-0.2, -0.15) is 0 Å². The normalized spacial score (nSPS) is 21.4. The third kappa shape index (κ3) is 6.10. The van der Waals surface area contributed by atoms with Crippen molar-refractivity contribution in [1.82, 2.24) is 14.1 Å². The lowest BCUT2D eigenvalue weighted by molar-refractivity contribution is 0.149. The molecule has 2 aromatic carbocycles. The van der Waals surface area contributed by atoms with Crippen LogP contribution in [0.2, 0.25) is 0 Å². The summed E-state index contributed by atoms with van der Waals surface area (Å²) in [6.45, 7) is 8.83. The monoisotopic (exact) mass is 531 g/mol. The van der Waals surface area contributed by atoms with Crippen molar-refractivity contribution >= 4 is 10.0 Å². The van der Waals surface area contributed by atoms with Gasteiger partial charge in [-0.05, 0) is 82.3 Å². The predicted molar refractivity (Wildman–Crippen MR) is 142 cm³/mol. The van der Waals surface area contributed by atoms with Gasteiger partial charge in [-0.1, -0.05) is 18.2 Å². The molecule has 0 aliphatic carbocycles. The Morgan fingerprint density at radius 3 is 2.32 bits per heavy atom. The number of ether oxygens (including phenoxy) is 2. The summed E-state index contributed by atoms with van der Waals surface area (Å²) in [5, 5.41) is 0. The highest BCUT2D eigenvalue weighted by molar-refractivity contribution is 7.89. The minimum Gasteiger partial charge on any atom is -0.491 e. The smallest absolute Gasteiger partial charge is 0.266 e. The van der Waals surface area contributed by atoms with E-state index in [-0.39, 0.29) is 29.2 Å². The fourth-order valence-electron chi connectivity index (χ4n) is 5.15. The Labute approximate surface area is 220 Å². The Morgan fingerprint density at radius 2 is 1.70 bits per heavy atom. The van der Waals surface area contributed by atoms with Crippen LogP contribution in [0.1, 0.15) is 32.3 Å². The van der Waals surface area contributed by atoms with Crippen molar-refractivity contribution in [2.24, 2.45) is 0 Å². The van der Waals surface area contributed by atoms with Gasteiger partial charge in [-0.25, -0.2) is 17.1 Å². The minimum atomic E-state index is -3.94. The maximum Gasteiger partial charge on any atom is 0.266 e. The third-order valence-corrected chi connectivity index (χ3v) is 8.92. The van der Waals surface area contributed by atoms with Crippen molar-refractivity contribution in [1.29, 1.82) is 0 Å². The Kier molecular flexibility index (Phi) is 8.46. The molecule has 0 aromatic heterocycles. The number of halogens is 1. The van der Waals surface area contributed by atoms with Crippen molar-refractivity contribution < 1.29 is 22.3 Å². The maximum atomic E-state index is 15.2. The largest absolute Gasteiger partial charge is 0.491 e. The van der Waals surface area contributed by atoms with E-state index in [1.807, 2.05) is 13.8 Å². The summed E-state index contributed by atoms with van der Waals surface area (Å²) in [7, 11) is -0.364. The lowest BCUT2D eigenvalue weighted by Crippen LogP contribution is -2.45. The average molecular weight is 532 g/mol. The topological polar surface area (TPSA) is 62.3 Å². The number of rotatable bonds is 10. The Hall–Kier alpha value is -2.62. The van der Waals surface area contributed by atoms with E-state index in [4.69, 9.17) is 9.47 Å². The van der Waals surface area contributed by atoms with Gasteiger partial charge in [0.25, 0.3) is 10.0 Å². The van der Waals surface area contributed by atoms with Crippen LogP contribution in [-0.2, 0) is 20.2 Å². The second kappa shape index (κ2) is 11.4. The zero-order valence-corrected chi connectivity index (χ0v) is 23.0. The molecule has 2 heterocycles. The first-order valence-corrected chi connectivity index (χ1v) is 14.3. The van der Waals surface area contributed by atoms with E-state index in [2.05, 4.69) is 16.8 Å². The van der Waals surface area contributed by atoms with Gasteiger partial charge >= 0.3 is 0 Å². The van der Waals surface area contributed by atoms with Crippen LogP contribution in [0.25, 0.3) is 0 Å². The van der Waals surface area contributed by atoms with Crippen LogP contribution in [0, 0.1) is 5.82 Å². The second-order valence-corrected chi connectivity index (χ2v) is 12.1. The molecule has 0 amide bonds. The quantitative estimate of drug-likeness (QED) is 0.461. The number of piperazine rings is 1. The molecule has 0 bridgehead atoms. The summed E-state index contributed by atoms with van der Waals surface area (Å²) in [5.74, 6) is 0.469. The molecule has 2 aliphatic rings. The van der Waals surface area contributed by atoms with E-state index in [0.29, 0.717) is 17.7 Å². The van der Waals surface area contributed by atoms with Crippen LogP contribution in [0.3, 0.4) is 0 Å². The second-order valence-electron chi connectivity index (χ2n) is 10.2. The highest BCUT2D eigenvalue weighted by Crippen LogP contribution is 2.43. The first-order chi connectivity index (χ1) is 17.6. The van der Waals surface area contributed by atoms with Crippen molar-refractivity contribution in [3.05, 3.63) is 71.9 Å². The zero-order chi connectivity index (χ0) is 26.6. The molecular weight excluding hydrogens is 493 g/mol. The zero-order valence-electron chi connectivity index (χ0n) is 22.2. The van der Waals surface area contributed by atoms with Crippen molar-refractivity contribution in [2.45, 2.75) is 43.1 Å². The van der Waals surface area contributed by atoms with Crippen LogP contribution >= 0.6 is 0 Å². The van der Waals surface area contributed by atoms with Gasteiger partial charge < -0.3 is 19.3 Å². The van der Waals surface area contributed by atoms with Crippen LogP contribution < -0.4 is 4.74 Å². The van der Waals surface area contributed by atoms with Gasteiger partial charge in [0.05, 0.1) is 24.7 Å². The lowest BCUT2D eigenvalue weighted by atomic mass is 9.77. The fourth-order valence-corrected chi connectivity index (χ4v) is 6.64. The first-order valence-electron chi connectivity index (χ1n) is 12.9. The summed E-state index contributed by atoms with van der Waals surface area (Å²) in [6, 6.07) is 13.0. The minimum absolute atomic E-state index is 0.0173. The Balaban J connectivity index is 1.60. The van der Waals surface area contributed by atoms with Crippen molar-refractivity contribution in [3.8, 4) is 5.75 Å². The molecule has 4 rings (SSSR count). The van der Waals surface area contributed by atoms with E-state index < -0.39 is 15.4 Å². The Morgan fingerprint density at radius 1 is 1.03 bits per heavy atom. The highest BCUT2D eigenvalue weighted by atomic mass is 32.2. The number of likely N-dealkylation sites (N-methyl/N-ethyl adjacent to an activating group) is 1. The number of methoxy groups -OCH3 is 1. The molecule has 7 nitrogen and oxygen atoms in total. The van der Waals surface area contributed by atoms with Gasteiger partial charge in [0.15, 0.2) is 5.88 Å². The average Bonchev–Trinajstić information content (AvgIpc) is 3.26. The first kappa shape index (κ1) is 27.4. The molecule has 9 heteroatoms.